The molecule has 8 nitrogen and oxygen atoms in total. The van der Waals surface area contributed by atoms with E-state index in [9.17, 15) is 18.0 Å². The molecule has 0 aromatic heterocycles. The molecule has 0 aliphatic carbocycles. The molecular weight excluding hydrogens is 490 g/mol. The van der Waals surface area contributed by atoms with Crippen molar-refractivity contribution in [2.75, 3.05) is 5.01 Å². The van der Waals surface area contributed by atoms with Crippen LogP contribution in [0.25, 0.3) is 0 Å². The summed E-state index contributed by atoms with van der Waals surface area (Å²) in [5, 5.41) is 10.8. The lowest BCUT2D eigenvalue weighted by molar-refractivity contribution is 0.0696. The highest BCUT2D eigenvalue weighted by molar-refractivity contribution is 7.89. The van der Waals surface area contributed by atoms with Gasteiger partial charge in [0.25, 0.3) is 5.91 Å². The van der Waals surface area contributed by atoms with E-state index in [0.29, 0.717) is 5.56 Å². The predicted octanol–water partition coefficient (Wildman–Crippen LogP) is 4.17. The molecule has 1 aliphatic rings. The monoisotopic (exact) mass is 513 g/mol. The van der Waals surface area contributed by atoms with Crippen LogP contribution >= 0.6 is 11.6 Å². The largest absolute Gasteiger partial charge is 0.478 e. The van der Waals surface area contributed by atoms with E-state index in [1.165, 1.54) is 42.5 Å². The van der Waals surface area contributed by atoms with Gasteiger partial charge >= 0.3 is 5.97 Å². The molecule has 3 aromatic carbocycles. The Morgan fingerprint density at radius 2 is 1.71 bits per heavy atom. The SMILES string of the molecule is CC(NS(=O)(=O)c1cc(C(=O)NN2c3ccccc3CC2C)ccc1Cl)c1ccc(C(=O)O)cc1. The summed E-state index contributed by atoms with van der Waals surface area (Å²) in [4.78, 5) is 23.8. The molecule has 3 aromatic rings. The van der Waals surface area contributed by atoms with Gasteiger partial charge in [-0.2, -0.15) is 0 Å². The van der Waals surface area contributed by atoms with Crippen molar-refractivity contribution >= 4 is 39.2 Å². The summed E-state index contributed by atoms with van der Waals surface area (Å²) in [6.07, 6.45) is 0.784. The maximum atomic E-state index is 13.1. The standard InChI is InChI=1S/C25H24ClN3O5S/c1-15-13-19-5-3-4-6-22(19)29(15)27-24(30)20-11-12-21(26)23(14-20)35(33,34)28-16(2)17-7-9-18(10-8-17)25(31)32/h3-12,14-16,28H,13H2,1-2H3,(H,27,30)(H,31,32). The quantitative estimate of drug-likeness (QED) is 0.436. The zero-order chi connectivity index (χ0) is 25.3. The van der Waals surface area contributed by atoms with E-state index in [2.05, 4.69) is 10.1 Å². The third-order valence-electron chi connectivity index (χ3n) is 5.90. The molecule has 0 bridgehead atoms. The van der Waals surface area contributed by atoms with Crippen molar-refractivity contribution in [3.63, 3.8) is 0 Å². The van der Waals surface area contributed by atoms with Crippen LogP contribution in [0.1, 0.15) is 51.7 Å². The third-order valence-corrected chi connectivity index (χ3v) is 7.92. The van der Waals surface area contributed by atoms with Crippen LogP contribution < -0.4 is 15.2 Å². The Bertz CT molecular complexity index is 1390. The number of benzene rings is 3. The van der Waals surface area contributed by atoms with Gasteiger partial charge in [0.1, 0.15) is 4.90 Å². The van der Waals surface area contributed by atoms with E-state index < -0.39 is 27.9 Å². The maximum absolute atomic E-state index is 13.1. The smallest absolute Gasteiger partial charge is 0.335 e. The fourth-order valence-electron chi connectivity index (χ4n) is 4.04. The molecule has 0 saturated carbocycles. The number of amides is 1. The van der Waals surface area contributed by atoms with Gasteiger partial charge in [0.05, 0.1) is 22.3 Å². The fraction of sp³-hybridized carbons (Fsp3) is 0.200. The molecule has 35 heavy (non-hydrogen) atoms. The second-order valence-corrected chi connectivity index (χ2v) is 10.5. The van der Waals surface area contributed by atoms with Gasteiger partial charge in [-0.25, -0.2) is 17.9 Å². The minimum Gasteiger partial charge on any atom is -0.478 e. The minimum atomic E-state index is -4.10. The minimum absolute atomic E-state index is 0.0256. The number of hydrogen-bond acceptors (Lipinski definition) is 5. The number of hydrazine groups is 1. The van der Waals surface area contributed by atoms with Crippen LogP contribution in [0.4, 0.5) is 5.69 Å². The number of para-hydroxylation sites is 1. The van der Waals surface area contributed by atoms with Crippen molar-refractivity contribution in [3.05, 3.63) is 94.0 Å². The average molecular weight is 514 g/mol. The summed E-state index contributed by atoms with van der Waals surface area (Å²) < 4.78 is 28.8. The second-order valence-electron chi connectivity index (χ2n) is 8.41. The van der Waals surface area contributed by atoms with Crippen molar-refractivity contribution in [2.45, 2.75) is 37.2 Å². The van der Waals surface area contributed by atoms with Crippen molar-refractivity contribution in [3.8, 4) is 0 Å². The zero-order valence-electron chi connectivity index (χ0n) is 19.0. The van der Waals surface area contributed by atoms with Crippen molar-refractivity contribution < 1.29 is 23.1 Å². The van der Waals surface area contributed by atoms with Gasteiger partial charge < -0.3 is 5.11 Å². The number of nitrogens with zero attached hydrogens (tertiary/aromatic N) is 1. The number of anilines is 1. The molecule has 3 N–H and O–H groups in total. The van der Waals surface area contributed by atoms with Crippen LogP contribution in [0.5, 0.6) is 0 Å². The number of aromatic carboxylic acids is 1. The number of sulfonamides is 1. The first-order valence-electron chi connectivity index (χ1n) is 10.9. The maximum Gasteiger partial charge on any atom is 0.335 e. The Morgan fingerprint density at radius 3 is 2.40 bits per heavy atom. The molecule has 0 spiro atoms. The lowest BCUT2D eigenvalue weighted by Crippen LogP contribution is -2.45. The van der Waals surface area contributed by atoms with E-state index in [1.54, 1.807) is 11.9 Å². The van der Waals surface area contributed by atoms with Crippen LogP contribution in [-0.2, 0) is 16.4 Å². The lowest BCUT2D eigenvalue weighted by Gasteiger charge is -2.25. The number of rotatable bonds is 7. The van der Waals surface area contributed by atoms with E-state index in [-0.39, 0.29) is 27.1 Å². The van der Waals surface area contributed by atoms with Gasteiger partial charge in [-0.15, -0.1) is 0 Å². The van der Waals surface area contributed by atoms with Crippen LogP contribution in [0.2, 0.25) is 5.02 Å². The topological polar surface area (TPSA) is 116 Å². The molecule has 10 heteroatoms. The third kappa shape index (κ3) is 5.17. The Kier molecular flexibility index (Phi) is 6.84. The molecule has 4 rings (SSSR count). The van der Waals surface area contributed by atoms with Crippen molar-refractivity contribution in [1.29, 1.82) is 0 Å². The summed E-state index contributed by atoms with van der Waals surface area (Å²) in [5.41, 5.74) is 5.71. The molecule has 182 valence electrons. The van der Waals surface area contributed by atoms with Gasteiger partial charge in [0.2, 0.25) is 10.0 Å². The number of hydrogen-bond donors (Lipinski definition) is 3. The van der Waals surface area contributed by atoms with Gasteiger partial charge in [0, 0.05) is 11.6 Å². The predicted molar refractivity (Wildman–Crippen MR) is 133 cm³/mol. The Labute approximate surface area is 208 Å². The normalized spacial score (nSPS) is 16.0. The van der Waals surface area contributed by atoms with E-state index >= 15 is 0 Å². The summed E-state index contributed by atoms with van der Waals surface area (Å²) in [6, 6.07) is 17.1. The fourth-order valence-corrected chi connectivity index (χ4v) is 5.80. The number of fused-ring (bicyclic) bond motifs is 1. The van der Waals surface area contributed by atoms with Crippen molar-refractivity contribution in [2.24, 2.45) is 0 Å². The number of nitrogens with one attached hydrogen (secondary N) is 2. The van der Waals surface area contributed by atoms with E-state index in [4.69, 9.17) is 16.7 Å². The van der Waals surface area contributed by atoms with Crippen molar-refractivity contribution in [1.82, 2.24) is 10.1 Å². The number of carbonyl (C=O) groups is 2. The highest BCUT2D eigenvalue weighted by atomic mass is 35.5. The first kappa shape index (κ1) is 24.7. The van der Waals surface area contributed by atoms with E-state index in [0.717, 1.165) is 17.7 Å². The molecule has 2 unspecified atom stereocenters. The summed E-state index contributed by atoms with van der Waals surface area (Å²) >= 11 is 6.20. The number of carboxylic acid groups (broad SMARTS) is 1. The lowest BCUT2D eigenvalue weighted by atomic mass is 10.1. The van der Waals surface area contributed by atoms with Crippen LogP contribution in [0.15, 0.2) is 71.6 Å². The van der Waals surface area contributed by atoms with Gasteiger partial charge in [-0.1, -0.05) is 41.9 Å². The molecule has 1 amide bonds. The highest BCUT2D eigenvalue weighted by Crippen LogP contribution is 2.30. The van der Waals surface area contributed by atoms with Crippen LogP contribution in [0.3, 0.4) is 0 Å². The van der Waals surface area contributed by atoms with Gasteiger partial charge in [-0.05, 0) is 67.8 Å². The molecule has 0 radical (unpaired) electrons. The van der Waals surface area contributed by atoms with Crippen LogP contribution in [0, 0.1) is 0 Å². The molecule has 0 fully saturated rings. The first-order valence-corrected chi connectivity index (χ1v) is 12.8. The number of carbonyl (C=O) groups excluding carboxylic acids is 1. The van der Waals surface area contributed by atoms with Crippen LogP contribution in [-0.4, -0.2) is 31.4 Å². The summed E-state index contributed by atoms with van der Waals surface area (Å²) in [6.45, 7) is 3.62. The average Bonchev–Trinajstić information content (AvgIpc) is 3.13. The Morgan fingerprint density at radius 1 is 1.06 bits per heavy atom. The molecule has 1 heterocycles. The first-order chi connectivity index (χ1) is 16.6. The number of halogens is 1. The Hall–Kier alpha value is -3.40. The van der Waals surface area contributed by atoms with E-state index in [1.807, 2.05) is 31.2 Å². The molecule has 0 saturated heterocycles. The summed E-state index contributed by atoms with van der Waals surface area (Å²) in [7, 11) is -4.10. The van der Waals surface area contributed by atoms with Gasteiger partial charge in [-0.3, -0.25) is 15.2 Å². The molecular formula is C25H24ClN3O5S. The highest BCUT2D eigenvalue weighted by Gasteiger charge is 2.28. The molecule has 2 atom stereocenters. The summed E-state index contributed by atoms with van der Waals surface area (Å²) in [5.74, 6) is -1.53. The number of carboxylic acids is 1. The van der Waals surface area contributed by atoms with Gasteiger partial charge in [0.15, 0.2) is 0 Å². The second kappa shape index (κ2) is 9.69. The Balaban J connectivity index is 1.54. The molecule has 1 aliphatic heterocycles. The zero-order valence-corrected chi connectivity index (χ0v) is 20.6.